The SMILES string of the molecule is CC(C)(C)NC(=O)C(c1ccc(O)cc1)N(CCCO)C(=O)C1COc2ccccc2O1. The number of carbonyl (C=O) groups excluding carboxylic acids is 2. The number of phenols is 1. The molecule has 2 atom stereocenters. The number of para-hydroxylation sites is 2. The predicted molar refractivity (Wildman–Crippen MR) is 119 cm³/mol. The molecule has 0 radical (unpaired) electrons. The normalized spacial score (nSPS) is 16.2. The fraction of sp³-hybridized carbons (Fsp3) is 0.417. The lowest BCUT2D eigenvalue weighted by Gasteiger charge is -2.36. The lowest BCUT2D eigenvalue weighted by molar-refractivity contribution is -0.149. The number of ether oxygens (including phenoxy) is 2. The molecule has 0 saturated heterocycles. The Morgan fingerprint density at radius 1 is 1.12 bits per heavy atom. The van der Waals surface area contributed by atoms with Crippen LogP contribution in [0.5, 0.6) is 17.2 Å². The van der Waals surface area contributed by atoms with Crippen LogP contribution < -0.4 is 14.8 Å². The maximum absolute atomic E-state index is 13.6. The largest absolute Gasteiger partial charge is 0.508 e. The van der Waals surface area contributed by atoms with Gasteiger partial charge >= 0.3 is 0 Å². The fourth-order valence-electron chi connectivity index (χ4n) is 3.50. The first-order valence-electron chi connectivity index (χ1n) is 10.6. The Morgan fingerprint density at radius 3 is 2.41 bits per heavy atom. The van der Waals surface area contributed by atoms with E-state index in [9.17, 15) is 19.8 Å². The van der Waals surface area contributed by atoms with Gasteiger partial charge in [0.1, 0.15) is 18.4 Å². The van der Waals surface area contributed by atoms with Crippen LogP contribution in [0.25, 0.3) is 0 Å². The van der Waals surface area contributed by atoms with Gasteiger partial charge in [-0.2, -0.15) is 0 Å². The zero-order valence-electron chi connectivity index (χ0n) is 18.6. The van der Waals surface area contributed by atoms with Gasteiger partial charge in [-0.05, 0) is 57.0 Å². The average Bonchev–Trinajstić information content (AvgIpc) is 2.75. The zero-order valence-corrected chi connectivity index (χ0v) is 18.6. The van der Waals surface area contributed by atoms with Crippen LogP contribution in [0.2, 0.25) is 0 Å². The summed E-state index contributed by atoms with van der Waals surface area (Å²) in [6.07, 6.45) is -0.654. The number of aliphatic hydroxyl groups is 1. The maximum atomic E-state index is 13.6. The Balaban J connectivity index is 1.95. The molecule has 172 valence electrons. The summed E-state index contributed by atoms with van der Waals surface area (Å²) < 4.78 is 11.6. The van der Waals surface area contributed by atoms with Crippen LogP contribution in [-0.2, 0) is 9.59 Å². The summed E-state index contributed by atoms with van der Waals surface area (Å²) in [6.45, 7) is 5.57. The number of aliphatic hydroxyl groups excluding tert-OH is 1. The zero-order chi connectivity index (χ0) is 23.3. The number of amides is 2. The predicted octanol–water partition coefficient (Wildman–Crippen LogP) is 2.40. The summed E-state index contributed by atoms with van der Waals surface area (Å²) in [4.78, 5) is 28.3. The first kappa shape index (κ1) is 23.4. The molecule has 8 heteroatoms. The van der Waals surface area contributed by atoms with Crippen molar-refractivity contribution >= 4 is 11.8 Å². The minimum absolute atomic E-state index is 0.00859. The molecule has 3 rings (SSSR count). The van der Waals surface area contributed by atoms with Crippen LogP contribution in [0.4, 0.5) is 0 Å². The molecule has 0 saturated carbocycles. The molecule has 0 fully saturated rings. The summed E-state index contributed by atoms with van der Waals surface area (Å²) in [5, 5.41) is 22.1. The third kappa shape index (κ3) is 5.70. The molecule has 32 heavy (non-hydrogen) atoms. The minimum Gasteiger partial charge on any atom is -0.508 e. The van der Waals surface area contributed by atoms with E-state index < -0.39 is 23.6 Å². The summed E-state index contributed by atoms with van der Waals surface area (Å²) in [6, 6.07) is 12.3. The lowest BCUT2D eigenvalue weighted by atomic mass is 10.0. The van der Waals surface area contributed by atoms with E-state index in [-0.39, 0.29) is 37.8 Å². The topological polar surface area (TPSA) is 108 Å². The molecule has 2 aromatic carbocycles. The number of carbonyl (C=O) groups is 2. The van der Waals surface area contributed by atoms with Crippen molar-refractivity contribution in [1.29, 1.82) is 0 Å². The molecule has 1 heterocycles. The van der Waals surface area contributed by atoms with Gasteiger partial charge in [0.15, 0.2) is 11.5 Å². The second-order valence-corrected chi connectivity index (χ2v) is 8.71. The van der Waals surface area contributed by atoms with Crippen molar-refractivity contribution in [2.45, 2.75) is 44.9 Å². The summed E-state index contributed by atoms with van der Waals surface area (Å²) in [7, 11) is 0. The third-order valence-corrected chi connectivity index (χ3v) is 4.89. The summed E-state index contributed by atoms with van der Waals surface area (Å²) in [5.74, 6) is 0.276. The van der Waals surface area contributed by atoms with Crippen molar-refractivity contribution in [2.24, 2.45) is 0 Å². The molecular formula is C24H30N2O6. The van der Waals surface area contributed by atoms with Crippen molar-refractivity contribution in [3.63, 3.8) is 0 Å². The number of hydrogen-bond donors (Lipinski definition) is 3. The third-order valence-electron chi connectivity index (χ3n) is 4.89. The average molecular weight is 443 g/mol. The van der Waals surface area contributed by atoms with Crippen molar-refractivity contribution in [1.82, 2.24) is 10.2 Å². The van der Waals surface area contributed by atoms with Crippen molar-refractivity contribution < 1.29 is 29.3 Å². The number of nitrogens with zero attached hydrogens (tertiary/aromatic N) is 1. The van der Waals surface area contributed by atoms with Crippen LogP contribution in [0, 0.1) is 0 Å². The monoisotopic (exact) mass is 442 g/mol. The highest BCUT2D eigenvalue weighted by atomic mass is 16.6. The van der Waals surface area contributed by atoms with Gasteiger partial charge in [-0.1, -0.05) is 24.3 Å². The van der Waals surface area contributed by atoms with Gasteiger partial charge in [-0.25, -0.2) is 0 Å². The number of phenolic OH excluding ortho intramolecular Hbond substituents is 1. The van der Waals surface area contributed by atoms with E-state index in [1.54, 1.807) is 30.3 Å². The van der Waals surface area contributed by atoms with Crippen LogP contribution in [0.15, 0.2) is 48.5 Å². The molecule has 0 aliphatic carbocycles. The standard InChI is InChI=1S/C24H30N2O6/c1-24(2,3)25-22(29)21(16-9-11-17(28)12-10-16)26(13-6-14-27)23(30)20-15-31-18-7-4-5-8-19(18)32-20/h4-5,7-12,20-21,27-28H,6,13-15H2,1-3H3,(H,25,29). The van der Waals surface area contributed by atoms with Gasteiger partial charge in [0.25, 0.3) is 5.91 Å². The second kappa shape index (κ2) is 9.91. The van der Waals surface area contributed by atoms with Crippen LogP contribution >= 0.6 is 0 Å². The van der Waals surface area contributed by atoms with Crippen LogP contribution in [0.1, 0.15) is 38.8 Å². The van der Waals surface area contributed by atoms with E-state index in [0.29, 0.717) is 17.1 Å². The van der Waals surface area contributed by atoms with E-state index in [4.69, 9.17) is 9.47 Å². The molecule has 2 unspecified atom stereocenters. The minimum atomic E-state index is -0.977. The van der Waals surface area contributed by atoms with E-state index in [1.807, 2.05) is 26.8 Å². The molecule has 0 spiro atoms. The Kier molecular flexibility index (Phi) is 7.25. The van der Waals surface area contributed by atoms with Gasteiger partial charge in [-0.3, -0.25) is 9.59 Å². The Labute approximate surface area is 187 Å². The highest BCUT2D eigenvalue weighted by Crippen LogP contribution is 2.33. The molecule has 2 aromatic rings. The lowest BCUT2D eigenvalue weighted by Crippen LogP contribution is -2.53. The fourth-order valence-corrected chi connectivity index (χ4v) is 3.50. The number of rotatable bonds is 7. The number of nitrogens with one attached hydrogen (secondary N) is 1. The highest BCUT2D eigenvalue weighted by Gasteiger charge is 2.38. The summed E-state index contributed by atoms with van der Waals surface area (Å²) >= 11 is 0. The number of hydrogen-bond acceptors (Lipinski definition) is 6. The van der Waals surface area contributed by atoms with Crippen LogP contribution in [0.3, 0.4) is 0 Å². The van der Waals surface area contributed by atoms with Crippen LogP contribution in [-0.4, -0.2) is 58.3 Å². The molecule has 8 nitrogen and oxygen atoms in total. The smallest absolute Gasteiger partial charge is 0.268 e. The van der Waals surface area contributed by atoms with E-state index >= 15 is 0 Å². The second-order valence-electron chi connectivity index (χ2n) is 8.71. The van der Waals surface area contributed by atoms with E-state index in [1.165, 1.54) is 17.0 Å². The van der Waals surface area contributed by atoms with E-state index in [0.717, 1.165) is 0 Å². The quantitative estimate of drug-likeness (QED) is 0.608. The first-order chi connectivity index (χ1) is 15.2. The van der Waals surface area contributed by atoms with Crippen molar-refractivity contribution in [3.05, 3.63) is 54.1 Å². The first-order valence-corrected chi connectivity index (χ1v) is 10.6. The van der Waals surface area contributed by atoms with Crippen molar-refractivity contribution in [2.75, 3.05) is 19.8 Å². The maximum Gasteiger partial charge on any atom is 0.268 e. The van der Waals surface area contributed by atoms with Gasteiger partial charge in [0.2, 0.25) is 12.0 Å². The number of fused-ring (bicyclic) bond motifs is 1. The molecule has 2 amide bonds. The van der Waals surface area contributed by atoms with Crippen molar-refractivity contribution in [3.8, 4) is 17.2 Å². The Morgan fingerprint density at radius 2 is 1.78 bits per heavy atom. The molecule has 1 aliphatic heterocycles. The highest BCUT2D eigenvalue weighted by molar-refractivity contribution is 5.91. The molecule has 3 N–H and O–H groups in total. The summed E-state index contributed by atoms with van der Waals surface area (Å²) in [5.41, 5.74) is 0.00871. The Hall–Kier alpha value is -3.26. The molecule has 0 aromatic heterocycles. The molecule has 0 bridgehead atoms. The molecule has 1 aliphatic rings. The van der Waals surface area contributed by atoms with Gasteiger partial charge in [0, 0.05) is 18.7 Å². The number of benzene rings is 2. The van der Waals surface area contributed by atoms with Gasteiger partial charge in [-0.15, -0.1) is 0 Å². The Bertz CT molecular complexity index is 938. The van der Waals surface area contributed by atoms with E-state index in [2.05, 4.69) is 5.32 Å². The number of aromatic hydroxyl groups is 1. The van der Waals surface area contributed by atoms with Gasteiger partial charge in [0.05, 0.1) is 0 Å². The molecular weight excluding hydrogens is 412 g/mol. The van der Waals surface area contributed by atoms with Gasteiger partial charge < -0.3 is 29.9 Å².